The van der Waals surface area contributed by atoms with Crippen molar-refractivity contribution in [1.29, 1.82) is 0 Å². The second-order valence-electron chi connectivity index (χ2n) is 5.23. The molecule has 3 rings (SSSR count). The quantitative estimate of drug-likeness (QED) is 0.260. The number of H-pyrrole nitrogens is 1. The summed E-state index contributed by atoms with van der Waals surface area (Å²) in [6, 6.07) is 11.4. The van der Waals surface area contributed by atoms with Gasteiger partial charge in [0.1, 0.15) is 0 Å². The number of benzene rings is 2. The van der Waals surface area contributed by atoms with Crippen molar-refractivity contribution in [3.63, 3.8) is 0 Å². The highest BCUT2D eigenvalue weighted by molar-refractivity contribution is 7.71. The Bertz CT molecular complexity index is 1120. The standard InChI is InChI=1S/C17H11Cl2N5O2S/c18-12-7-8-13(14(19)10-12)16-21-22-17(27)23(16)20-9-3-5-11-4-1-2-6-15(11)24(25)26/h1-10H,(H,22,27)/b5-3+,20-9-. The van der Waals surface area contributed by atoms with Crippen LogP contribution in [0.4, 0.5) is 5.69 Å². The lowest BCUT2D eigenvalue weighted by Gasteiger charge is -2.03. The summed E-state index contributed by atoms with van der Waals surface area (Å²) in [5, 5.41) is 23.0. The van der Waals surface area contributed by atoms with Crippen molar-refractivity contribution in [2.24, 2.45) is 5.10 Å². The Hall–Kier alpha value is -2.81. The molecular weight excluding hydrogens is 409 g/mol. The number of hydrogen-bond acceptors (Lipinski definition) is 5. The smallest absolute Gasteiger partial charge is 0.258 e. The summed E-state index contributed by atoms with van der Waals surface area (Å²) in [7, 11) is 0. The summed E-state index contributed by atoms with van der Waals surface area (Å²) in [5.41, 5.74) is 1.08. The predicted octanol–water partition coefficient (Wildman–Crippen LogP) is 5.37. The fourth-order valence-corrected chi connectivity index (χ4v) is 2.96. The highest BCUT2D eigenvalue weighted by atomic mass is 35.5. The van der Waals surface area contributed by atoms with Crippen LogP contribution in [0, 0.1) is 14.9 Å². The molecule has 0 unspecified atom stereocenters. The molecule has 7 nitrogen and oxygen atoms in total. The molecular formula is C17H11Cl2N5O2S. The Morgan fingerprint density at radius 1 is 1.26 bits per heavy atom. The molecule has 136 valence electrons. The molecule has 2 aromatic carbocycles. The molecule has 0 saturated carbocycles. The van der Waals surface area contributed by atoms with Gasteiger partial charge in [-0.05, 0) is 48.6 Å². The van der Waals surface area contributed by atoms with Gasteiger partial charge in [0, 0.05) is 22.9 Å². The van der Waals surface area contributed by atoms with Crippen molar-refractivity contribution in [3.05, 3.63) is 79.0 Å². The van der Waals surface area contributed by atoms with Gasteiger partial charge in [0.15, 0.2) is 5.82 Å². The number of nitro groups is 1. The molecule has 0 fully saturated rings. The van der Waals surface area contributed by atoms with E-state index in [1.807, 2.05) is 0 Å². The van der Waals surface area contributed by atoms with E-state index < -0.39 is 4.92 Å². The average molecular weight is 420 g/mol. The molecule has 0 atom stereocenters. The summed E-state index contributed by atoms with van der Waals surface area (Å²) in [6.07, 6.45) is 4.61. The maximum Gasteiger partial charge on any atom is 0.276 e. The molecule has 0 aliphatic rings. The maximum absolute atomic E-state index is 11.0. The molecule has 0 amide bonds. The van der Waals surface area contributed by atoms with Gasteiger partial charge in [-0.15, -0.1) is 0 Å². The minimum absolute atomic E-state index is 0.00991. The number of rotatable bonds is 5. The van der Waals surface area contributed by atoms with Crippen molar-refractivity contribution >= 4 is 53.4 Å². The molecule has 10 heteroatoms. The first kappa shape index (κ1) is 19.0. The lowest BCUT2D eigenvalue weighted by molar-refractivity contribution is -0.385. The number of allylic oxidation sites excluding steroid dienone is 1. The molecule has 0 spiro atoms. The van der Waals surface area contributed by atoms with Gasteiger partial charge in [0.05, 0.1) is 15.5 Å². The topological polar surface area (TPSA) is 89.1 Å². The molecule has 3 aromatic rings. The number of halogens is 2. The van der Waals surface area contributed by atoms with Gasteiger partial charge < -0.3 is 0 Å². The van der Waals surface area contributed by atoms with E-state index in [0.717, 1.165) is 0 Å². The Kier molecular flexibility index (Phi) is 5.80. The summed E-state index contributed by atoms with van der Waals surface area (Å²) < 4.78 is 1.67. The molecule has 27 heavy (non-hydrogen) atoms. The third kappa shape index (κ3) is 4.30. The van der Waals surface area contributed by atoms with E-state index in [-0.39, 0.29) is 10.5 Å². The third-order valence-electron chi connectivity index (χ3n) is 3.50. The molecule has 1 heterocycles. The molecule has 0 saturated heterocycles. The third-order valence-corrected chi connectivity index (χ3v) is 4.31. The number of para-hydroxylation sites is 1. The Morgan fingerprint density at radius 3 is 2.78 bits per heavy atom. The number of aromatic amines is 1. The van der Waals surface area contributed by atoms with Crippen LogP contribution in [0.1, 0.15) is 5.56 Å². The van der Waals surface area contributed by atoms with Crippen molar-refractivity contribution in [2.45, 2.75) is 0 Å². The van der Waals surface area contributed by atoms with Crippen molar-refractivity contribution in [1.82, 2.24) is 14.9 Å². The minimum Gasteiger partial charge on any atom is -0.258 e. The van der Waals surface area contributed by atoms with E-state index in [0.29, 0.717) is 27.0 Å². The van der Waals surface area contributed by atoms with E-state index >= 15 is 0 Å². The number of nitro benzene ring substituents is 1. The average Bonchev–Trinajstić information content (AvgIpc) is 2.99. The summed E-state index contributed by atoms with van der Waals surface area (Å²) in [6.45, 7) is 0. The lowest BCUT2D eigenvalue weighted by atomic mass is 10.2. The van der Waals surface area contributed by atoms with Crippen molar-refractivity contribution < 1.29 is 4.92 Å². The van der Waals surface area contributed by atoms with Gasteiger partial charge in [0.2, 0.25) is 4.77 Å². The van der Waals surface area contributed by atoms with Crippen LogP contribution in [0.3, 0.4) is 0 Å². The first-order valence-corrected chi connectivity index (χ1v) is 8.71. The van der Waals surface area contributed by atoms with Crippen LogP contribution < -0.4 is 0 Å². The van der Waals surface area contributed by atoms with Gasteiger partial charge in [-0.3, -0.25) is 10.1 Å². The Morgan fingerprint density at radius 2 is 2.04 bits per heavy atom. The van der Waals surface area contributed by atoms with Gasteiger partial charge in [-0.1, -0.05) is 35.3 Å². The molecule has 0 bridgehead atoms. The van der Waals surface area contributed by atoms with Crippen LogP contribution >= 0.6 is 35.4 Å². The highest BCUT2D eigenvalue weighted by Crippen LogP contribution is 2.29. The van der Waals surface area contributed by atoms with Gasteiger partial charge in [0.25, 0.3) is 5.69 Å². The molecule has 1 N–H and O–H groups in total. The second kappa shape index (κ2) is 8.26. The molecule has 1 aromatic heterocycles. The lowest BCUT2D eigenvalue weighted by Crippen LogP contribution is -1.94. The van der Waals surface area contributed by atoms with Crippen LogP contribution in [-0.2, 0) is 0 Å². The van der Waals surface area contributed by atoms with Gasteiger partial charge in [-0.2, -0.15) is 14.9 Å². The van der Waals surface area contributed by atoms with Crippen LogP contribution in [0.2, 0.25) is 10.0 Å². The monoisotopic (exact) mass is 419 g/mol. The van der Waals surface area contributed by atoms with E-state index in [1.165, 1.54) is 17.0 Å². The SMILES string of the molecule is O=[N+]([O-])c1ccccc1/C=C/C=N\n1c(-c2ccc(Cl)cc2Cl)n[nH]c1=S. The van der Waals surface area contributed by atoms with Crippen molar-refractivity contribution in [2.75, 3.05) is 0 Å². The molecule has 0 radical (unpaired) electrons. The van der Waals surface area contributed by atoms with Crippen molar-refractivity contribution in [3.8, 4) is 11.4 Å². The first-order chi connectivity index (χ1) is 13.0. The summed E-state index contributed by atoms with van der Waals surface area (Å²) in [5.74, 6) is 0.414. The van der Waals surface area contributed by atoms with Crippen LogP contribution in [-0.4, -0.2) is 26.0 Å². The van der Waals surface area contributed by atoms with Crippen LogP contribution in [0.25, 0.3) is 17.5 Å². The second-order valence-corrected chi connectivity index (χ2v) is 6.46. The highest BCUT2D eigenvalue weighted by Gasteiger charge is 2.12. The minimum atomic E-state index is -0.441. The number of hydrogen-bond donors (Lipinski definition) is 1. The normalized spacial score (nSPS) is 11.5. The first-order valence-electron chi connectivity index (χ1n) is 7.54. The summed E-state index contributed by atoms with van der Waals surface area (Å²) >= 11 is 17.3. The zero-order valence-electron chi connectivity index (χ0n) is 13.5. The van der Waals surface area contributed by atoms with E-state index in [9.17, 15) is 10.1 Å². The van der Waals surface area contributed by atoms with Crippen LogP contribution in [0.15, 0.2) is 53.6 Å². The predicted molar refractivity (Wildman–Crippen MR) is 109 cm³/mol. The summed E-state index contributed by atoms with van der Waals surface area (Å²) in [4.78, 5) is 10.6. The zero-order chi connectivity index (χ0) is 19.4. The van der Waals surface area contributed by atoms with E-state index in [2.05, 4.69) is 15.3 Å². The largest absolute Gasteiger partial charge is 0.276 e. The van der Waals surface area contributed by atoms with Crippen LogP contribution in [0.5, 0.6) is 0 Å². The fourth-order valence-electron chi connectivity index (χ4n) is 2.29. The van der Waals surface area contributed by atoms with E-state index in [1.54, 1.807) is 48.6 Å². The number of nitrogens with zero attached hydrogens (tertiary/aromatic N) is 4. The fraction of sp³-hybridized carbons (Fsp3) is 0. The number of nitrogens with one attached hydrogen (secondary N) is 1. The van der Waals surface area contributed by atoms with E-state index in [4.69, 9.17) is 35.4 Å². The molecule has 0 aliphatic heterocycles. The Labute approximate surface area is 168 Å². The number of aromatic nitrogens is 3. The maximum atomic E-state index is 11.0. The molecule has 0 aliphatic carbocycles. The Balaban J connectivity index is 1.90. The van der Waals surface area contributed by atoms with Gasteiger partial charge >= 0.3 is 0 Å². The van der Waals surface area contributed by atoms with Gasteiger partial charge in [-0.25, -0.2) is 5.10 Å². The zero-order valence-corrected chi connectivity index (χ0v) is 15.9.